The van der Waals surface area contributed by atoms with Gasteiger partial charge < -0.3 is 4.98 Å². The van der Waals surface area contributed by atoms with Crippen LogP contribution < -0.4 is 0 Å². The molecule has 0 aliphatic heterocycles. The first kappa shape index (κ1) is 8.26. The van der Waals surface area contributed by atoms with Crippen LogP contribution in [-0.2, 0) is 0 Å². The third-order valence-electron chi connectivity index (χ3n) is 2.00. The molecule has 68 valence electrons. The molecule has 1 aromatic carbocycles. The summed E-state index contributed by atoms with van der Waals surface area (Å²) < 4.78 is 0. The number of aromatic nitrogens is 1. The number of nitro groups is 1. The van der Waals surface area contributed by atoms with Gasteiger partial charge in [0.05, 0.1) is 27.6 Å². The molecular weight excluding hydrogens is 182 g/mol. The maximum absolute atomic E-state index is 10.6. The zero-order valence-corrected chi connectivity index (χ0v) is 7.02. The van der Waals surface area contributed by atoms with Crippen LogP contribution >= 0.6 is 0 Å². The van der Waals surface area contributed by atoms with Gasteiger partial charge in [0.2, 0.25) is 0 Å². The summed E-state index contributed by atoms with van der Waals surface area (Å²) in [4.78, 5) is 12.9. The molecule has 0 saturated heterocycles. The summed E-state index contributed by atoms with van der Waals surface area (Å²) in [5, 5.41) is 19.8. The molecule has 1 heterocycles. The Labute approximate surface area is 78.7 Å². The molecule has 14 heavy (non-hydrogen) atoms. The Kier molecular flexibility index (Phi) is 1.68. The fraction of sp³-hybridized carbons (Fsp3) is 0. The van der Waals surface area contributed by atoms with Crippen molar-refractivity contribution in [2.75, 3.05) is 0 Å². The maximum atomic E-state index is 10.6. The largest absolute Gasteiger partial charge is 0.355 e. The standard InChI is InChI=1S/C9H5N3O2/c10-4-6-2-1-3-7-9(6)8(5-11-7)12(13)14/h1-3,5,11H. The van der Waals surface area contributed by atoms with Crippen molar-refractivity contribution in [2.24, 2.45) is 0 Å². The molecule has 0 amide bonds. The third-order valence-corrected chi connectivity index (χ3v) is 2.00. The van der Waals surface area contributed by atoms with Crippen molar-refractivity contribution in [2.45, 2.75) is 0 Å². The lowest BCUT2D eigenvalue weighted by Crippen LogP contribution is -1.86. The average Bonchev–Trinajstić information content (AvgIpc) is 2.60. The number of aromatic amines is 1. The van der Waals surface area contributed by atoms with Gasteiger partial charge in [-0.25, -0.2) is 0 Å². The molecule has 0 aliphatic rings. The van der Waals surface area contributed by atoms with Crippen molar-refractivity contribution in [3.63, 3.8) is 0 Å². The van der Waals surface area contributed by atoms with Crippen molar-refractivity contribution < 1.29 is 4.92 Å². The van der Waals surface area contributed by atoms with Crippen LogP contribution in [0.5, 0.6) is 0 Å². The van der Waals surface area contributed by atoms with Crippen molar-refractivity contribution in [3.05, 3.63) is 40.1 Å². The molecule has 0 atom stereocenters. The van der Waals surface area contributed by atoms with Crippen molar-refractivity contribution in [1.82, 2.24) is 4.98 Å². The molecule has 0 fully saturated rings. The van der Waals surface area contributed by atoms with E-state index < -0.39 is 4.92 Å². The van der Waals surface area contributed by atoms with Crippen molar-refractivity contribution >= 4 is 16.6 Å². The number of hydrogen-bond acceptors (Lipinski definition) is 3. The lowest BCUT2D eigenvalue weighted by Gasteiger charge is -1.91. The van der Waals surface area contributed by atoms with Gasteiger partial charge in [-0.1, -0.05) is 6.07 Å². The SMILES string of the molecule is N#Cc1cccc2[nH]cc([N+](=O)[O-])c12. The molecule has 1 N–H and O–H groups in total. The van der Waals surface area contributed by atoms with Crippen LogP contribution in [-0.4, -0.2) is 9.91 Å². The second-order valence-electron chi connectivity index (χ2n) is 2.77. The first-order chi connectivity index (χ1) is 6.74. The summed E-state index contributed by atoms with van der Waals surface area (Å²) in [5.41, 5.74) is 0.864. The number of rotatable bonds is 1. The summed E-state index contributed by atoms with van der Waals surface area (Å²) in [6, 6.07) is 6.86. The zero-order chi connectivity index (χ0) is 10.1. The molecule has 0 saturated carbocycles. The minimum Gasteiger partial charge on any atom is -0.355 e. The average molecular weight is 187 g/mol. The summed E-state index contributed by atoms with van der Waals surface area (Å²) in [6.07, 6.45) is 1.30. The van der Waals surface area contributed by atoms with E-state index >= 15 is 0 Å². The highest BCUT2D eigenvalue weighted by molar-refractivity contribution is 5.93. The maximum Gasteiger partial charge on any atom is 0.295 e. The molecule has 2 aromatic rings. The Morgan fingerprint density at radius 3 is 2.93 bits per heavy atom. The van der Waals surface area contributed by atoms with Crippen LogP contribution in [0.4, 0.5) is 5.69 Å². The second-order valence-corrected chi connectivity index (χ2v) is 2.77. The fourth-order valence-corrected chi connectivity index (χ4v) is 1.40. The summed E-state index contributed by atoms with van der Waals surface area (Å²) >= 11 is 0. The Morgan fingerprint density at radius 2 is 2.29 bits per heavy atom. The topological polar surface area (TPSA) is 82.7 Å². The normalized spacial score (nSPS) is 9.93. The van der Waals surface area contributed by atoms with Gasteiger partial charge in [0.1, 0.15) is 6.07 Å². The number of nitrogens with zero attached hydrogens (tertiary/aromatic N) is 2. The molecule has 2 rings (SSSR count). The quantitative estimate of drug-likeness (QED) is 0.547. The van der Waals surface area contributed by atoms with Gasteiger partial charge >= 0.3 is 0 Å². The van der Waals surface area contributed by atoms with Crippen molar-refractivity contribution in [1.29, 1.82) is 5.26 Å². The minimum absolute atomic E-state index is 0.0582. The van der Waals surface area contributed by atoms with Gasteiger partial charge in [0.25, 0.3) is 5.69 Å². The second kappa shape index (κ2) is 2.85. The molecule has 0 radical (unpaired) electrons. The van der Waals surface area contributed by atoms with Gasteiger partial charge in [-0.15, -0.1) is 0 Å². The van der Waals surface area contributed by atoms with Crippen LogP contribution in [0.1, 0.15) is 5.56 Å². The minimum atomic E-state index is -0.500. The first-order valence-corrected chi connectivity index (χ1v) is 3.88. The number of H-pyrrole nitrogens is 1. The van der Waals surface area contributed by atoms with E-state index in [1.54, 1.807) is 18.2 Å². The van der Waals surface area contributed by atoms with Gasteiger partial charge in [-0.05, 0) is 12.1 Å². The molecule has 1 aromatic heterocycles. The van der Waals surface area contributed by atoms with E-state index in [4.69, 9.17) is 5.26 Å². The molecule has 0 unspecified atom stereocenters. The summed E-state index contributed by atoms with van der Waals surface area (Å²) in [5.74, 6) is 0. The van der Waals surface area contributed by atoms with E-state index in [-0.39, 0.29) is 5.69 Å². The van der Waals surface area contributed by atoms with Crippen LogP contribution in [0.2, 0.25) is 0 Å². The zero-order valence-electron chi connectivity index (χ0n) is 7.02. The highest BCUT2D eigenvalue weighted by Gasteiger charge is 2.16. The van der Waals surface area contributed by atoms with Gasteiger partial charge in [-0.3, -0.25) is 10.1 Å². The Hall–Kier alpha value is -2.35. The Bertz CT molecular complexity index is 551. The highest BCUT2D eigenvalue weighted by atomic mass is 16.6. The van der Waals surface area contributed by atoms with Crippen LogP contribution in [0.25, 0.3) is 10.9 Å². The molecule has 0 aliphatic carbocycles. The fourth-order valence-electron chi connectivity index (χ4n) is 1.40. The van der Waals surface area contributed by atoms with Crippen LogP contribution in [0.15, 0.2) is 24.4 Å². The van der Waals surface area contributed by atoms with Crippen molar-refractivity contribution in [3.8, 4) is 6.07 Å². The van der Waals surface area contributed by atoms with E-state index in [0.29, 0.717) is 16.5 Å². The number of nitrogens with one attached hydrogen (secondary N) is 1. The predicted octanol–water partition coefficient (Wildman–Crippen LogP) is 1.95. The molecule has 0 spiro atoms. The lowest BCUT2D eigenvalue weighted by molar-refractivity contribution is -0.383. The first-order valence-electron chi connectivity index (χ1n) is 3.88. The molecule has 0 bridgehead atoms. The van der Waals surface area contributed by atoms with E-state index in [1.165, 1.54) is 6.20 Å². The molecule has 5 nitrogen and oxygen atoms in total. The number of fused-ring (bicyclic) bond motifs is 1. The Balaban J connectivity index is 2.89. The van der Waals surface area contributed by atoms with E-state index in [9.17, 15) is 10.1 Å². The van der Waals surface area contributed by atoms with Gasteiger partial charge in [-0.2, -0.15) is 5.26 Å². The van der Waals surface area contributed by atoms with E-state index in [1.807, 2.05) is 6.07 Å². The monoisotopic (exact) mass is 187 g/mol. The van der Waals surface area contributed by atoms with E-state index in [0.717, 1.165) is 0 Å². The molecule has 5 heteroatoms. The highest BCUT2D eigenvalue weighted by Crippen LogP contribution is 2.27. The number of hydrogen-bond donors (Lipinski definition) is 1. The predicted molar refractivity (Wildman–Crippen MR) is 49.7 cm³/mol. The van der Waals surface area contributed by atoms with Crippen LogP contribution in [0, 0.1) is 21.4 Å². The third kappa shape index (κ3) is 1.02. The van der Waals surface area contributed by atoms with E-state index in [2.05, 4.69) is 4.98 Å². The summed E-state index contributed by atoms with van der Waals surface area (Å²) in [6.45, 7) is 0. The summed E-state index contributed by atoms with van der Waals surface area (Å²) in [7, 11) is 0. The van der Waals surface area contributed by atoms with Crippen LogP contribution in [0.3, 0.4) is 0 Å². The Morgan fingerprint density at radius 1 is 1.50 bits per heavy atom. The lowest BCUT2D eigenvalue weighted by atomic mass is 10.1. The van der Waals surface area contributed by atoms with Gasteiger partial charge in [0.15, 0.2) is 0 Å². The molecular formula is C9H5N3O2. The number of nitriles is 1. The smallest absolute Gasteiger partial charge is 0.295 e. The van der Waals surface area contributed by atoms with Gasteiger partial charge in [0, 0.05) is 0 Å². The number of benzene rings is 1.